The van der Waals surface area contributed by atoms with E-state index in [1.54, 1.807) is 4.90 Å². The van der Waals surface area contributed by atoms with Gasteiger partial charge >= 0.3 is 6.18 Å². The van der Waals surface area contributed by atoms with Gasteiger partial charge in [0.1, 0.15) is 6.10 Å². The molecule has 29 heavy (non-hydrogen) atoms. The first-order valence-electron chi connectivity index (χ1n) is 9.51. The van der Waals surface area contributed by atoms with Gasteiger partial charge in [0.25, 0.3) is 0 Å². The van der Waals surface area contributed by atoms with Gasteiger partial charge < -0.3 is 14.4 Å². The topological polar surface area (TPSA) is 51.7 Å². The van der Waals surface area contributed by atoms with E-state index in [0.29, 0.717) is 39.1 Å². The molecule has 0 spiro atoms. The number of rotatable bonds is 4. The van der Waals surface area contributed by atoms with Crippen molar-refractivity contribution in [2.75, 3.05) is 26.3 Å². The first kappa shape index (κ1) is 19.7. The second-order valence-electron chi connectivity index (χ2n) is 7.39. The Bertz CT molecular complexity index is 861. The van der Waals surface area contributed by atoms with Gasteiger partial charge in [0.15, 0.2) is 0 Å². The normalized spacial score (nSPS) is 19.5. The monoisotopic (exact) mass is 406 g/mol. The first-order valence-corrected chi connectivity index (χ1v) is 9.51. The van der Waals surface area contributed by atoms with Crippen LogP contribution >= 0.6 is 0 Å². The zero-order chi connectivity index (χ0) is 20.5. The minimum atomic E-state index is -4.45. The lowest BCUT2D eigenvalue weighted by atomic mass is 9.72. The predicted octanol–water partition coefficient (Wildman–Crippen LogP) is 3.44. The lowest BCUT2D eigenvalue weighted by Gasteiger charge is -2.46. The largest absolute Gasteiger partial charge is 0.471 e. The van der Waals surface area contributed by atoms with E-state index in [4.69, 9.17) is 9.47 Å². The van der Waals surface area contributed by atoms with Crippen LogP contribution < -0.4 is 4.74 Å². The van der Waals surface area contributed by atoms with Crippen LogP contribution in [0.25, 0.3) is 0 Å². The Morgan fingerprint density at radius 2 is 1.83 bits per heavy atom. The quantitative estimate of drug-likeness (QED) is 0.781. The summed E-state index contributed by atoms with van der Waals surface area (Å²) < 4.78 is 49.5. The van der Waals surface area contributed by atoms with Gasteiger partial charge in [-0.2, -0.15) is 13.2 Å². The second kappa shape index (κ2) is 7.67. The molecule has 2 aliphatic heterocycles. The average Bonchev–Trinajstić information content (AvgIpc) is 2.71. The average molecular weight is 406 g/mol. The summed E-state index contributed by atoms with van der Waals surface area (Å²) in [5.74, 6) is -0.0652. The highest BCUT2D eigenvalue weighted by Crippen LogP contribution is 2.38. The fourth-order valence-corrected chi connectivity index (χ4v) is 3.91. The lowest BCUT2D eigenvalue weighted by molar-refractivity contribution is -0.150. The number of likely N-dealkylation sites (tertiary alicyclic amines) is 1. The summed E-state index contributed by atoms with van der Waals surface area (Å²) in [4.78, 5) is 18.9. The van der Waals surface area contributed by atoms with Gasteiger partial charge in [-0.3, -0.25) is 4.79 Å². The van der Waals surface area contributed by atoms with Crippen LogP contribution in [0.2, 0.25) is 0 Å². The molecule has 1 amide bonds. The molecule has 0 atom stereocenters. The van der Waals surface area contributed by atoms with Crippen LogP contribution in [-0.2, 0) is 21.1 Å². The molecule has 2 aromatic rings. The zero-order valence-corrected chi connectivity index (χ0v) is 15.7. The van der Waals surface area contributed by atoms with Crippen LogP contribution in [0.3, 0.4) is 0 Å². The number of ether oxygens (including phenoxy) is 2. The third-order valence-electron chi connectivity index (χ3n) is 5.57. The summed E-state index contributed by atoms with van der Waals surface area (Å²) in [6.07, 6.45) is -2.54. The number of pyridine rings is 1. The number of benzene rings is 1. The summed E-state index contributed by atoms with van der Waals surface area (Å²) in [6, 6.07) is 11.5. The summed E-state index contributed by atoms with van der Waals surface area (Å²) in [6.45, 7) is 1.68. The van der Waals surface area contributed by atoms with E-state index in [9.17, 15) is 18.0 Å². The van der Waals surface area contributed by atoms with Crippen LogP contribution in [0.4, 0.5) is 13.2 Å². The fraction of sp³-hybridized carbons (Fsp3) is 0.429. The Morgan fingerprint density at radius 1 is 1.14 bits per heavy atom. The van der Waals surface area contributed by atoms with E-state index in [1.807, 2.05) is 30.3 Å². The Labute approximate surface area is 166 Å². The van der Waals surface area contributed by atoms with Crippen LogP contribution in [0.5, 0.6) is 5.88 Å². The van der Waals surface area contributed by atoms with Crippen molar-refractivity contribution in [2.24, 2.45) is 0 Å². The molecule has 0 unspecified atom stereocenters. The predicted molar refractivity (Wildman–Crippen MR) is 98.4 cm³/mol. The fourth-order valence-electron chi connectivity index (χ4n) is 3.91. The van der Waals surface area contributed by atoms with Gasteiger partial charge in [0.2, 0.25) is 11.8 Å². The summed E-state index contributed by atoms with van der Waals surface area (Å²) >= 11 is 0. The number of hydrogen-bond acceptors (Lipinski definition) is 4. The van der Waals surface area contributed by atoms with E-state index >= 15 is 0 Å². The molecule has 1 aromatic heterocycles. The Morgan fingerprint density at radius 3 is 2.48 bits per heavy atom. The van der Waals surface area contributed by atoms with E-state index < -0.39 is 17.2 Å². The molecule has 0 radical (unpaired) electrons. The third-order valence-corrected chi connectivity index (χ3v) is 5.57. The van der Waals surface area contributed by atoms with Crippen LogP contribution in [-0.4, -0.2) is 48.2 Å². The number of amides is 1. The number of nitrogens with zero attached hydrogens (tertiary/aromatic N) is 2. The molecule has 154 valence electrons. The van der Waals surface area contributed by atoms with Crippen molar-refractivity contribution in [2.45, 2.75) is 30.5 Å². The number of carbonyl (C=O) groups excluding carboxylic acids is 1. The first-order chi connectivity index (χ1) is 13.9. The van der Waals surface area contributed by atoms with E-state index in [0.717, 1.165) is 23.9 Å². The smallest absolute Gasteiger partial charge is 0.416 e. The molecular formula is C21H21F3N2O3. The van der Waals surface area contributed by atoms with Gasteiger partial charge in [-0.1, -0.05) is 30.3 Å². The van der Waals surface area contributed by atoms with Crippen molar-refractivity contribution < 1.29 is 27.4 Å². The number of halogens is 3. The minimum Gasteiger partial charge on any atom is -0.471 e. The molecule has 4 rings (SSSR count). The molecule has 0 bridgehead atoms. The van der Waals surface area contributed by atoms with Crippen LogP contribution in [0, 0.1) is 0 Å². The van der Waals surface area contributed by atoms with Crippen LogP contribution in [0.1, 0.15) is 24.0 Å². The molecule has 2 fully saturated rings. The number of carbonyl (C=O) groups is 1. The summed E-state index contributed by atoms with van der Waals surface area (Å²) in [5, 5.41) is 0. The van der Waals surface area contributed by atoms with Crippen molar-refractivity contribution in [3.63, 3.8) is 0 Å². The molecular weight excluding hydrogens is 385 g/mol. The standard InChI is InChI=1S/C21H21F3N2O3/c22-21(23,24)16-6-9-25-18(12-16)29-17-13-26(14-17)19(27)20(7-10-28-11-8-20)15-4-2-1-3-5-15/h1-6,9,12,17H,7-8,10-11,13-14H2. The molecule has 5 nitrogen and oxygen atoms in total. The molecule has 0 saturated carbocycles. The van der Waals surface area contributed by atoms with Gasteiger partial charge in [-0.05, 0) is 24.5 Å². The van der Waals surface area contributed by atoms with Crippen molar-refractivity contribution in [1.29, 1.82) is 0 Å². The lowest BCUT2D eigenvalue weighted by Crippen LogP contribution is -2.61. The molecule has 3 heterocycles. The van der Waals surface area contributed by atoms with E-state index in [-0.39, 0.29) is 17.9 Å². The van der Waals surface area contributed by atoms with E-state index in [1.165, 1.54) is 0 Å². The third kappa shape index (κ3) is 3.94. The summed E-state index contributed by atoms with van der Waals surface area (Å²) in [7, 11) is 0. The van der Waals surface area contributed by atoms with Crippen molar-refractivity contribution in [3.8, 4) is 5.88 Å². The highest BCUT2D eigenvalue weighted by molar-refractivity contribution is 5.89. The van der Waals surface area contributed by atoms with E-state index in [2.05, 4.69) is 4.98 Å². The maximum atomic E-state index is 13.3. The number of hydrogen-bond donors (Lipinski definition) is 0. The SMILES string of the molecule is O=C(N1CC(Oc2cc(C(F)(F)F)ccn2)C1)C1(c2ccccc2)CCOCC1. The van der Waals surface area contributed by atoms with Crippen molar-refractivity contribution in [3.05, 3.63) is 59.8 Å². The second-order valence-corrected chi connectivity index (χ2v) is 7.39. The Kier molecular flexibility index (Phi) is 5.21. The summed E-state index contributed by atoms with van der Waals surface area (Å²) in [5.41, 5.74) is -0.462. The van der Waals surface area contributed by atoms with Crippen molar-refractivity contribution >= 4 is 5.91 Å². The minimum absolute atomic E-state index is 0.0175. The molecule has 2 aliphatic rings. The highest BCUT2D eigenvalue weighted by atomic mass is 19.4. The maximum Gasteiger partial charge on any atom is 0.416 e. The van der Waals surface area contributed by atoms with Crippen LogP contribution in [0.15, 0.2) is 48.7 Å². The molecule has 8 heteroatoms. The zero-order valence-electron chi connectivity index (χ0n) is 15.7. The van der Waals surface area contributed by atoms with Gasteiger partial charge in [-0.15, -0.1) is 0 Å². The van der Waals surface area contributed by atoms with Gasteiger partial charge in [-0.25, -0.2) is 4.98 Å². The van der Waals surface area contributed by atoms with Crippen molar-refractivity contribution in [1.82, 2.24) is 9.88 Å². The molecule has 2 saturated heterocycles. The number of aromatic nitrogens is 1. The molecule has 0 N–H and O–H groups in total. The van der Waals surface area contributed by atoms with Gasteiger partial charge in [0, 0.05) is 25.5 Å². The maximum absolute atomic E-state index is 13.3. The molecule has 1 aromatic carbocycles. The Balaban J connectivity index is 1.43. The van der Waals surface area contributed by atoms with Gasteiger partial charge in [0.05, 0.1) is 24.1 Å². The number of alkyl halides is 3. The Hall–Kier alpha value is -2.61. The molecule has 0 aliphatic carbocycles. The highest BCUT2D eigenvalue weighted by Gasteiger charge is 2.47.